The lowest BCUT2D eigenvalue weighted by atomic mass is 10.1. The summed E-state index contributed by atoms with van der Waals surface area (Å²) < 4.78 is 5.04. The first-order valence-electron chi connectivity index (χ1n) is 7.85. The van der Waals surface area contributed by atoms with Crippen LogP contribution in [0.4, 0.5) is 0 Å². The normalized spacial score (nSPS) is 11.7. The fraction of sp³-hybridized carbons (Fsp3) is 0.105. The highest BCUT2D eigenvalue weighted by molar-refractivity contribution is 6.35. The predicted octanol–water partition coefficient (Wildman–Crippen LogP) is 4.45. The number of rotatable bonds is 5. The summed E-state index contributed by atoms with van der Waals surface area (Å²) in [6.45, 7) is -0.454. The Morgan fingerprint density at radius 1 is 1.26 bits per heavy atom. The van der Waals surface area contributed by atoms with E-state index in [0.29, 0.717) is 21.1 Å². The maximum atomic E-state index is 12.0. The van der Waals surface area contributed by atoms with Gasteiger partial charge in [-0.2, -0.15) is 5.26 Å². The average Bonchev–Trinajstić information content (AvgIpc) is 3.06. The minimum absolute atomic E-state index is 0.0875. The van der Waals surface area contributed by atoms with Crippen molar-refractivity contribution in [2.24, 2.45) is 0 Å². The summed E-state index contributed by atoms with van der Waals surface area (Å²) in [5.41, 5.74) is 1.83. The third-order valence-corrected chi connectivity index (χ3v) is 4.33. The summed E-state index contributed by atoms with van der Waals surface area (Å²) in [5, 5.41) is 20.3. The van der Waals surface area contributed by atoms with Gasteiger partial charge >= 0.3 is 5.97 Å². The number of halogens is 2. The Bertz CT molecular complexity index is 1050. The van der Waals surface area contributed by atoms with Crippen LogP contribution in [-0.4, -0.2) is 27.7 Å². The molecule has 3 rings (SSSR count). The number of ether oxygens (including phenoxy) is 1. The third kappa shape index (κ3) is 4.40. The highest BCUT2D eigenvalue weighted by atomic mass is 35.5. The topological polar surface area (TPSA) is 99.0 Å². The van der Waals surface area contributed by atoms with Crippen LogP contribution in [0.25, 0.3) is 16.6 Å². The van der Waals surface area contributed by atoms with Gasteiger partial charge in [0.2, 0.25) is 0 Å². The number of H-pyrrole nitrogens is 1. The van der Waals surface area contributed by atoms with Crippen molar-refractivity contribution in [3.05, 3.63) is 69.7 Å². The average molecular weight is 402 g/mol. The SMILES string of the molecule is N#CC(=C(O)COC(=O)Cc1ccc(Cl)cc1Cl)c1nc2ccccc2[nH]1. The highest BCUT2D eigenvalue weighted by Crippen LogP contribution is 2.22. The monoisotopic (exact) mass is 401 g/mol. The second-order valence-electron chi connectivity index (χ2n) is 5.61. The Kier molecular flexibility index (Phi) is 5.65. The number of allylic oxidation sites excluding steroid dienone is 1. The number of nitrogens with zero attached hydrogens (tertiary/aromatic N) is 2. The summed E-state index contributed by atoms with van der Waals surface area (Å²) in [7, 11) is 0. The minimum atomic E-state index is -0.604. The largest absolute Gasteiger partial charge is 0.507 e. The fourth-order valence-electron chi connectivity index (χ4n) is 2.42. The highest BCUT2D eigenvalue weighted by Gasteiger charge is 2.15. The molecule has 8 heteroatoms. The molecule has 2 N–H and O–H groups in total. The van der Waals surface area contributed by atoms with Crippen molar-refractivity contribution >= 4 is 45.8 Å². The Hall–Kier alpha value is -3.01. The molecule has 0 bridgehead atoms. The van der Waals surface area contributed by atoms with Crippen LogP contribution < -0.4 is 0 Å². The summed E-state index contributed by atoms with van der Waals surface area (Å²) in [6.07, 6.45) is -0.0875. The molecule has 0 aliphatic heterocycles. The number of aliphatic hydroxyl groups excluding tert-OH is 1. The fourth-order valence-corrected chi connectivity index (χ4v) is 2.89. The summed E-state index contributed by atoms with van der Waals surface area (Å²) in [4.78, 5) is 19.2. The quantitative estimate of drug-likeness (QED) is 0.373. The standard InChI is InChI=1S/C19H13Cl2N3O3/c20-12-6-5-11(14(21)8-12)7-18(26)27-10-17(25)13(9-22)19-23-15-3-1-2-4-16(15)24-19/h1-6,8,25H,7,10H2,(H,23,24). The Morgan fingerprint density at radius 2 is 2.04 bits per heavy atom. The molecular weight excluding hydrogens is 389 g/mol. The van der Waals surface area contributed by atoms with Gasteiger partial charge in [0.05, 0.1) is 17.5 Å². The van der Waals surface area contributed by atoms with Gasteiger partial charge in [-0.1, -0.05) is 41.4 Å². The molecule has 0 amide bonds. The number of imidazole rings is 1. The van der Waals surface area contributed by atoms with Crippen molar-refractivity contribution in [2.45, 2.75) is 6.42 Å². The number of aromatic nitrogens is 2. The van der Waals surface area contributed by atoms with Gasteiger partial charge in [-0.15, -0.1) is 0 Å². The van der Waals surface area contributed by atoms with E-state index in [-0.39, 0.29) is 17.8 Å². The number of aliphatic hydroxyl groups is 1. The smallest absolute Gasteiger partial charge is 0.310 e. The van der Waals surface area contributed by atoms with E-state index >= 15 is 0 Å². The van der Waals surface area contributed by atoms with Crippen LogP contribution in [0, 0.1) is 11.3 Å². The molecule has 1 aromatic heterocycles. The zero-order valence-electron chi connectivity index (χ0n) is 13.9. The molecule has 0 saturated carbocycles. The molecule has 0 saturated heterocycles. The second kappa shape index (κ2) is 8.12. The number of aromatic amines is 1. The molecule has 0 atom stereocenters. The van der Waals surface area contributed by atoms with E-state index in [1.54, 1.807) is 24.3 Å². The molecule has 0 aliphatic carbocycles. The first-order chi connectivity index (χ1) is 13.0. The van der Waals surface area contributed by atoms with Crippen LogP contribution >= 0.6 is 23.2 Å². The van der Waals surface area contributed by atoms with Gasteiger partial charge in [0.25, 0.3) is 0 Å². The van der Waals surface area contributed by atoms with Crippen LogP contribution in [0.5, 0.6) is 0 Å². The molecule has 0 radical (unpaired) electrons. The Morgan fingerprint density at radius 3 is 2.74 bits per heavy atom. The van der Waals surface area contributed by atoms with Gasteiger partial charge in [-0.25, -0.2) is 4.98 Å². The van der Waals surface area contributed by atoms with Gasteiger partial charge in [-0.05, 0) is 29.8 Å². The van der Waals surface area contributed by atoms with E-state index in [9.17, 15) is 15.2 Å². The second-order valence-corrected chi connectivity index (χ2v) is 6.45. The number of hydrogen-bond acceptors (Lipinski definition) is 5. The molecule has 0 aliphatic rings. The minimum Gasteiger partial charge on any atom is -0.507 e. The van der Waals surface area contributed by atoms with Crippen LogP contribution in [-0.2, 0) is 16.0 Å². The summed E-state index contributed by atoms with van der Waals surface area (Å²) in [6, 6.07) is 13.8. The molecule has 0 unspecified atom stereocenters. The molecule has 3 aromatic rings. The molecule has 1 heterocycles. The maximum Gasteiger partial charge on any atom is 0.310 e. The molecule has 136 valence electrons. The van der Waals surface area contributed by atoms with Crippen LogP contribution in [0.15, 0.2) is 48.2 Å². The van der Waals surface area contributed by atoms with Gasteiger partial charge < -0.3 is 14.8 Å². The lowest BCUT2D eigenvalue weighted by Gasteiger charge is -2.07. The lowest BCUT2D eigenvalue weighted by Crippen LogP contribution is -2.11. The van der Waals surface area contributed by atoms with E-state index in [4.69, 9.17) is 27.9 Å². The number of benzene rings is 2. The van der Waals surface area contributed by atoms with Gasteiger partial charge in [-0.3, -0.25) is 4.79 Å². The van der Waals surface area contributed by atoms with Gasteiger partial charge in [0, 0.05) is 10.0 Å². The third-order valence-electron chi connectivity index (χ3n) is 3.75. The maximum absolute atomic E-state index is 12.0. The van der Waals surface area contributed by atoms with Crippen molar-refractivity contribution in [2.75, 3.05) is 6.61 Å². The summed E-state index contributed by atoms with van der Waals surface area (Å²) in [5.74, 6) is -0.798. The first kappa shape index (κ1) is 18.8. The Labute approximate surface area is 164 Å². The van der Waals surface area contributed by atoms with E-state index in [1.807, 2.05) is 18.2 Å². The van der Waals surface area contributed by atoms with E-state index in [2.05, 4.69) is 9.97 Å². The van der Waals surface area contributed by atoms with Crippen LogP contribution in [0.3, 0.4) is 0 Å². The van der Waals surface area contributed by atoms with Crippen LogP contribution in [0.1, 0.15) is 11.4 Å². The molecule has 0 fully saturated rings. The summed E-state index contributed by atoms with van der Waals surface area (Å²) >= 11 is 11.8. The Balaban J connectivity index is 1.71. The van der Waals surface area contributed by atoms with Crippen molar-refractivity contribution in [3.63, 3.8) is 0 Å². The van der Waals surface area contributed by atoms with Crippen molar-refractivity contribution in [1.29, 1.82) is 5.26 Å². The van der Waals surface area contributed by atoms with Gasteiger partial charge in [0.1, 0.15) is 18.2 Å². The number of carbonyl (C=O) groups is 1. The molecule has 0 spiro atoms. The molecule has 27 heavy (non-hydrogen) atoms. The predicted molar refractivity (Wildman–Crippen MR) is 102 cm³/mol. The van der Waals surface area contributed by atoms with Crippen molar-refractivity contribution in [3.8, 4) is 6.07 Å². The van der Waals surface area contributed by atoms with Crippen molar-refractivity contribution < 1.29 is 14.6 Å². The number of hydrogen-bond donors (Lipinski definition) is 2. The van der Waals surface area contributed by atoms with E-state index in [1.165, 1.54) is 6.07 Å². The lowest BCUT2D eigenvalue weighted by molar-refractivity contribution is -0.142. The van der Waals surface area contributed by atoms with E-state index in [0.717, 1.165) is 5.52 Å². The number of nitrogens with one attached hydrogen (secondary N) is 1. The zero-order chi connectivity index (χ0) is 19.4. The van der Waals surface area contributed by atoms with Crippen molar-refractivity contribution in [1.82, 2.24) is 9.97 Å². The number of carbonyl (C=O) groups excluding carboxylic acids is 1. The number of esters is 1. The number of nitriles is 1. The van der Waals surface area contributed by atoms with E-state index < -0.39 is 18.3 Å². The molecule has 6 nitrogen and oxygen atoms in total. The molecular formula is C19H13Cl2N3O3. The van der Waals surface area contributed by atoms with Crippen LogP contribution in [0.2, 0.25) is 10.0 Å². The zero-order valence-corrected chi connectivity index (χ0v) is 15.4. The van der Waals surface area contributed by atoms with Gasteiger partial charge in [0.15, 0.2) is 11.6 Å². The molecule has 2 aromatic carbocycles. The number of para-hydroxylation sites is 2. The number of fused-ring (bicyclic) bond motifs is 1. The first-order valence-corrected chi connectivity index (χ1v) is 8.60.